The first-order valence-corrected chi connectivity index (χ1v) is 9.71. The van der Waals surface area contributed by atoms with E-state index in [9.17, 15) is 5.11 Å². The maximum Gasteiger partial charge on any atom is 0.121 e. The first-order chi connectivity index (χ1) is 11.9. The maximum absolute atomic E-state index is 11.0. The van der Waals surface area contributed by atoms with Crippen LogP contribution in [0.5, 0.6) is 5.75 Å². The Morgan fingerprint density at radius 3 is 2.60 bits per heavy atom. The Morgan fingerprint density at radius 1 is 1.32 bits per heavy atom. The monoisotopic (exact) mass is 341 g/mol. The van der Waals surface area contributed by atoms with Crippen molar-refractivity contribution in [1.29, 1.82) is 0 Å². The van der Waals surface area contributed by atoms with Crippen molar-refractivity contribution in [3.05, 3.63) is 52.6 Å². The average Bonchev–Trinajstić information content (AvgIpc) is 2.54. The number of phenols is 1. The van der Waals surface area contributed by atoms with Crippen LogP contribution in [0.3, 0.4) is 0 Å². The van der Waals surface area contributed by atoms with Gasteiger partial charge in [-0.2, -0.15) is 0 Å². The Kier molecular flexibility index (Phi) is 6.51. The molecule has 2 atom stereocenters. The van der Waals surface area contributed by atoms with Gasteiger partial charge in [0.1, 0.15) is 5.75 Å². The molecule has 1 aromatic rings. The Balaban J connectivity index is 2.52. The molecule has 1 aliphatic carbocycles. The molecule has 0 radical (unpaired) electrons. The van der Waals surface area contributed by atoms with E-state index < -0.39 is 0 Å². The molecule has 138 valence electrons. The smallest absolute Gasteiger partial charge is 0.121 e. The number of likely N-dealkylation sites (N-methyl/N-ethyl adjacent to an activating group) is 1. The molecule has 0 saturated carbocycles. The second-order valence-electron chi connectivity index (χ2n) is 7.81. The second-order valence-corrected chi connectivity index (χ2v) is 7.81. The number of benzene rings is 1. The summed E-state index contributed by atoms with van der Waals surface area (Å²) in [7, 11) is 2.00. The lowest BCUT2D eigenvalue weighted by atomic mass is 9.67. The zero-order valence-corrected chi connectivity index (χ0v) is 16.7. The lowest BCUT2D eigenvalue weighted by Gasteiger charge is -2.44. The molecule has 2 nitrogen and oxygen atoms in total. The van der Waals surface area contributed by atoms with E-state index >= 15 is 0 Å². The summed E-state index contributed by atoms with van der Waals surface area (Å²) in [4.78, 5) is 0. The van der Waals surface area contributed by atoms with Crippen LogP contribution in [0.2, 0.25) is 0 Å². The van der Waals surface area contributed by atoms with Crippen molar-refractivity contribution in [1.82, 2.24) is 5.32 Å². The third kappa shape index (κ3) is 4.00. The van der Waals surface area contributed by atoms with Gasteiger partial charge in [0.05, 0.1) is 5.54 Å². The first-order valence-electron chi connectivity index (χ1n) is 9.71. The summed E-state index contributed by atoms with van der Waals surface area (Å²) in [5.74, 6) is 0.704. The highest BCUT2D eigenvalue weighted by Crippen LogP contribution is 2.47. The van der Waals surface area contributed by atoms with E-state index in [1.165, 1.54) is 36.0 Å². The third-order valence-corrected chi connectivity index (χ3v) is 5.72. The summed E-state index contributed by atoms with van der Waals surface area (Å²) >= 11 is 0. The number of unbranched alkanes of at least 4 members (excludes halogenated alkanes) is 2. The van der Waals surface area contributed by atoms with E-state index in [1.807, 2.05) is 13.1 Å². The van der Waals surface area contributed by atoms with Crippen LogP contribution in [0.4, 0.5) is 0 Å². The molecule has 0 unspecified atom stereocenters. The topological polar surface area (TPSA) is 32.3 Å². The van der Waals surface area contributed by atoms with Crippen LogP contribution in [0.15, 0.2) is 35.9 Å². The molecule has 0 fully saturated rings. The number of aryl methyl sites for hydroxylation is 2. The van der Waals surface area contributed by atoms with Gasteiger partial charge >= 0.3 is 0 Å². The molecular formula is C23H35NO. The molecule has 0 bridgehead atoms. The molecule has 2 heteroatoms. The highest BCUT2D eigenvalue weighted by molar-refractivity contribution is 5.51. The molecule has 1 aromatic carbocycles. The van der Waals surface area contributed by atoms with Crippen molar-refractivity contribution < 1.29 is 5.11 Å². The van der Waals surface area contributed by atoms with Crippen molar-refractivity contribution in [2.75, 3.05) is 7.05 Å². The van der Waals surface area contributed by atoms with Gasteiger partial charge < -0.3 is 10.4 Å². The zero-order valence-electron chi connectivity index (χ0n) is 16.7. The average molecular weight is 342 g/mol. The fraction of sp³-hybridized carbons (Fsp3) is 0.565. The molecule has 2 rings (SSSR count). The van der Waals surface area contributed by atoms with E-state index in [2.05, 4.69) is 51.7 Å². The summed E-state index contributed by atoms with van der Waals surface area (Å²) in [5.41, 5.74) is 5.59. The van der Waals surface area contributed by atoms with E-state index in [0.717, 1.165) is 30.4 Å². The minimum Gasteiger partial charge on any atom is -0.508 e. The highest BCUT2D eigenvalue weighted by Gasteiger charge is 2.42. The quantitative estimate of drug-likeness (QED) is 0.486. The molecule has 2 N–H and O–H groups in total. The Morgan fingerprint density at radius 2 is 2.04 bits per heavy atom. The zero-order chi connectivity index (χ0) is 18.6. The SMILES string of the molecule is C=C(C)[C@@H]1CCC(C)=C[C@@]1(NC)c1c(C)cc(CCCCC)cc1O. The van der Waals surface area contributed by atoms with Crippen LogP contribution in [-0.2, 0) is 12.0 Å². The normalized spacial score (nSPS) is 23.4. The van der Waals surface area contributed by atoms with Gasteiger partial charge in [0, 0.05) is 11.5 Å². The lowest BCUT2D eigenvalue weighted by Crippen LogP contribution is -2.48. The van der Waals surface area contributed by atoms with Crippen LogP contribution < -0.4 is 5.32 Å². The van der Waals surface area contributed by atoms with E-state index in [1.54, 1.807) is 0 Å². The highest BCUT2D eigenvalue weighted by atomic mass is 16.3. The van der Waals surface area contributed by atoms with Crippen LogP contribution in [-0.4, -0.2) is 12.2 Å². The van der Waals surface area contributed by atoms with E-state index in [-0.39, 0.29) is 11.5 Å². The molecule has 0 aromatic heterocycles. The van der Waals surface area contributed by atoms with Crippen molar-refractivity contribution >= 4 is 0 Å². The van der Waals surface area contributed by atoms with Crippen molar-refractivity contribution in [2.45, 2.75) is 71.8 Å². The van der Waals surface area contributed by atoms with Gasteiger partial charge in [-0.3, -0.25) is 0 Å². The number of hydrogen-bond acceptors (Lipinski definition) is 2. The summed E-state index contributed by atoms with van der Waals surface area (Å²) < 4.78 is 0. The van der Waals surface area contributed by atoms with Crippen molar-refractivity contribution in [3.8, 4) is 5.75 Å². The number of rotatable bonds is 7. The summed E-state index contributed by atoms with van der Waals surface area (Å²) in [6, 6.07) is 4.24. The second kappa shape index (κ2) is 8.23. The summed E-state index contributed by atoms with van der Waals surface area (Å²) in [6.45, 7) is 12.9. The van der Waals surface area contributed by atoms with Gasteiger partial charge in [-0.25, -0.2) is 0 Å². The van der Waals surface area contributed by atoms with Gasteiger partial charge in [-0.05, 0) is 70.7 Å². The Bertz CT molecular complexity index is 635. The molecule has 0 heterocycles. The first kappa shape index (κ1) is 19.8. The number of nitrogens with one attached hydrogen (secondary N) is 1. The van der Waals surface area contributed by atoms with Gasteiger partial charge in [-0.15, -0.1) is 0 Å². The summed E-state index contributed by atoms with van der Waals surface area (Å²) in [6.07, 6.45) is 9.14. The standard InChI is InChI=1S/C23H35NO/c1-7-8-9-10-19-13-18(5)22(21(25)14-19)23(24-6)15-17(4)11-12-20(23)16(2)3/h13-15,20,24-25H,2,7-12H2,1,3-6H3/t20-,23-/m0/s1. The number of aromatic hydroxyl groups is 1. The maximum atomic E-state index is 11.0. The lowest BCUT2D eigenvalue weighted by molar-refractivity contribution is 0.281. The van der Waals surface area contributed by atoms with Gasteiger partial charge in [-0.1, -0.05) is 49.6 Å². The summed E-state index contributed by atoms with van der Waals surface area (Å²) in [5, 5.41) is 14.5. The molecule has 1 aliphatic rings. The van der Waals surface area contributed by atoms with Crippen LogP contribution in [0.25, 0.3) is 0 Å². The molecule has 25 heavy (non-hydrogen) atoms. The van der Waals surface area contributed by atoms with E-state index in [0.29, 0.717) is 5.75 Å². The molecule has 0 saturated heterocycles. The van der Waals surface area contributed by atoms with Gasteiger partial charge in [0.25, 0.3) is 0 Å². The van der Waals surface area contributed by atoms with Gasteiger partial charge in [0.15, 0.2) is 0 Å². The van der Waals surface area contributed by atoms with Crippen LogP contribution in [0.1, 0.15) is 69.6 Å². The van der Waals surface area contributed by atoms with Crippen LogP contribution in [0, 0.1) is 12.8 Å². The fourth-order valence-corrected chi connectivity index (χ4v) is 4.52. The molecule has 0 spiro atoms. The molecule has 0 aliphatic heterocycles. The number of hydrogen-bond donors (Lipinski definition) is 2. The van der Waals surface area contributed by atoms with Crippen molar-refractivity contribution in [2.24, 2.45) is 5.92 Å². The molecular weight excluding hydrogens is 306 g/mol. The Hall–Kier alpha value is -1.54. The minimum atomic E-state index is -0.371. The predicted molar refractivity (Wildman–Crippen MR) is 108 cm³/mol. The number of allylic oxidation sites excluding steroid dienone is 1. The van der Waals surface area contributed by atoms with Crippen molar-refractivity contribution in [3.63, 3.8) is 0 Å². The minimum absolute atomic E-state index is 0.289. The molecule has 0 amide bonds. The Labute approximate surface area is 154 Å². The third-order valence-electron chi connectivity index (χ3n) is 5.72. The van der Waals surface area contributed by atoms with E-state index in [4.69, 9.17) is 0 Å². The fourth-order valence-electron chi connectivity index (χ4n) is 4.52. The van der Waals surface area contributed by atoms with Gasteiger partial charge in [0.2, 0.25) is 0 Å². The van der Waals surface area contributed by atoms with Crippen LogP contribution >= 0.6 is 0 Å². The number of phenolic OH excluding ortho intramolecular Hbond substituents is 1. The largest absolute Gasteiger partial charge is 0.508 e. The predicted octanol–water partition coefficient (Wildman–Crippen LogP) is 5.78.